The Bertz CT molecular complexity index is 775. The van der Waals surface area contributed by atoms with E-state index in [0.29, 0.717) is 32.0 Å². The average molecular weight is 365 g/mol. The van der Waals surface area contributed by atoms with Gasteiger partial charge in [-0.25, -0.2) is 13.2 Å². The molecule has 2 rings (SSSR count). The van der Waals surface area contributed by atoms with E-state index < -0.39 is 16.0 Å². The quantitative estimate of drug-likeness (QED) is 0.456. The second-order valence-corrected chi connectivity index (χ2v) is 7.01. The molecule has 1 aromatic carbocycles. The van der Waals surface area contributed by atoms with Crippen LogP contribution in [0, 0.1) is 11.3 Å². The first-order valence-electron chi connectivity index (χ1n) is 7.71. The largest absolute Gasteiger partial charge is 0.462 e. The Morgan fingerprint density at radius 1 is 1.36 bits per heavy atom. The number of hydrogen-bond donors (Lipinski definition) is 1. The number of rotatable bonds is 6. The molecule has 1 aliphatic heterocycles. The molecule has 1 saturated heterocycles. The number of sulfonamides is 1. The van der Waals surface area contributed by atoms with Crippen LogP contribution in [0.3, 0.4) is 0 Å². The predicted molar refractivity (Wildman–Crippen MR) is 90.0 cm³/mol. The first-order valence-corrected chi connectivity index (χ1v) is 9.15. The number of nitriles is 1. The van der Waals surface area contributed by atoms with E-state index in [-0.39, 0.29) is 17.1 Å². The lowest BCUT2D eigenvalue weighted by atomic mass is 10.3. The Balaban J connectivity index is 2.09. The van der Waals surface area contributed by atoms with Crippen molar-refractivity contribution in [3.8, 4) is 6.07 Å². The fraction of sp³-hybridized carbons (Fsp3) is 0.375. The maximum Gasteiger partial charge on any atom is 0.350 e. The molecule has 25 heavy (non-hydrogen) atoms. The van der Waals surface area contributed by atoms with Crippen LogP contribution in [0.2, 0.25) is 0 Å². The molecule has 0 unspecified atom stereocenters. The third-order valence-corrected chi connectivity index (χ3v) is 5.37. The number of nitrogens with one attached hydrogen (secondary N) is 1. The predicted octanol–water partition coefficient (Wildman–Crippen LogP) is 1.09. The topological polar surface area (TPSA) is 109 Å². The Morgan fingerprint density at radius 2 is 2.00 bits per heavy atom. The van der Waals surface area contributed by atoms with E-state index in [2.05, 4.69) is 5.32 Å². The summed E-state index contributed by atoms with van der Waals surface area (Å²) in [4.78, 5) is 11.7. The third kappa shape index (κ3) is 4.79. The normalized spacial score (nSPS) is 16.1. The van der Waals surface area contributed by atoms with E-state index in [9.17, 15) is 13.2 Å². The van der Waals surface area contributed by atoms with Crippen molar-refractivity contribution >= 4 is 21.7 Å². The Morgan fingerprint density at radius 3 is 2.56 bits per heavy atom. The molecular weight excluding hydrogens is 346 g/mol. The number of carbonyl (C=O) groups excluding carboxylic acids is 1. The summed E-state index contributed by atoms with van der Waals surface area (Å²) >= 11 is 0. The summed E-state index contributed by atoms with van der Waals surface area (Å²) in [7, 11) is -3.55. The summed E-state index contributed by atoms with van der Waals surface area (Å²) in [6.45, 7) is 3.25. The minimum atomic E-state index is -3.55. The number of ether oxygens (including phenoxy) is 2. The van der Waals surface area contributed by atoms with Crippen molar-refractivity contribution in [2.24, 2.45) is 0 Å². The standard InChI is InChI=1S/C16H19N3O5S/c1-2-24-16(20)13(11-17)12-18-14-3-5-15(6-4-14)25(21,22)19-7-9-23-10-8-19/h3-6,12,18H,2,7-10H2,1H3/b13-12-. The van der Waals surface area contributed by atoms with Gasteiger partial charge in [0.25, 0.3) is 0 Å². The molecule has 1 fully saturated rings. The lowest BCUT2D eigenvalue weighted by molar-refractivity contribution is -0.138. The van der Waals surface area contributed by atoms with Crippen LogP contribution in [0.25, 0.3) is 0 Å². The van der Waals surface area contributed by atoms with Crippen LogP contribution in [0.5, 0.6) is 0 Å². The number of carbonyl (C=O) groups is 1. The Kier molecular flexibility index (Phi) is 6.52. The zero-order valence-corrected chi connectivity index (χ0v) is 14.6. The van der Waals surface area contributed by atoms with Crippen molar-refractivity contribution in [1.29, 1.82) is 5.26 Å². The molecule has 0 spiro atoms. The summed E-state index contributed by atoms with van der Waals surface area (Å²) in [5.74, 6) is -0.719. The van der Waals surface area contributed by atoms with Crippen LogP contribution in [0.4, 0.5) is 5.69 Å². The van der Waals surface area contributed by atoms with Crippen molar-refractivity contribution in [3.05, 3.63) is 36.0 Å². The van der Waals surface area contributed by atoms with Crippen LogP contribution in [-0.4, -0.2) is 51.6 Å². The first-order chi connectivity index (χ1) is 12.0. The van der Waals surface area contributed by atoms with Crippen LogP contribution >= 0.6 is 0 Å². The number of anilines is 1. The fourth-order valence-corrected chi connectivity index (χ4v) is 3.57. The molecule has 0 aromatic heterocycles. The second-order valence-electron chi connectivity index (χ2n) is 5.08. The van der Waals surface area contributed by atoms with E-state index in [4.69, 9.17) is 14.7 Å². The van der Waals surface area contributed by atoms with Gasteiger partial charge in [-0.2, -0.15) is 9.57 Å². The fourth-order valence-electron chi connectivity index (χ4n) is 2.16. The van der Waals surface area contributed by atoms with E-state index in [1.165, 1.54) is 22.6 Å². The van der Waals surface area contributed by atoms with Crippen molar-refractivity contribution < 1.29 is 22.7 Å². The van der Waals surface area contributed by atoms with Gasteiger partial charge >= 0.3 is 5.97 Å². The van der Waals surface area contributed by atoms with E-state index >= 15 is 0 Å². The van der Waals surface area contributed by atoms with Gasteiger partial charge < -0.3 is 14.8 Å². The lowest BCUT2D eigenvalue weighted by Gasteiger charge is -2.26. The van der Waals surface area contributed by atoms with E-state index in [1.54, 1.807) is 25.1 Å². The minimum absolute atomic E-state index is 0.173. The average Bonchev–Trinajstić information content (AvgIpc) is 2.63. The molecule has 0 saturated carbocycles. The van der Waals surface area contributed by atoms with Crippen molar-refractivity contribution in [3.63, 3.8) is 0 Å². The zero-order valence-electron chi connectivity index (χ0n) is 13.8. The molecule has 1 aliphatic rings. The maximum absolute atomic E-state index is 12.5. The van der Waals surface area contributed by atoms with Gasteiger partial charge in [-0.05, 0) is 31.2 Å². The number of nitrogens with zero attached hydrogens (tertiary/aromatic N) is 2. The SMILES string of the molecule is CCOC(=O)/C(C#N)=C\Nc1ccc(S(=O)(=O)N2CCOCC2)cc1. The van der Waals surface area contributed by atoms with Crippen molar-refractivity contribution in [2.75, 3.05) is 38.2 Å². The van der Waals surface area contributed by atoms with Crippen molar-refractivity contribution in [2.45, 2.75) is 11.8 Å². The van der Waals surface area contributed by atoms with Gasteiger partial charge in [0.15, 0.2) is 5.57 Å². The monoisotopic (exact) mass is 365 g/mol. The molecule has 0 bridgehead atoms. The maximum atomic E-state index is 12.5. The Labute approximate surface area is 146 Å². The van der Waals surface area contributed by atoms with Crippen LogP contribution in [0.15, 0.2) is 40.9 Å². The van der Waals surface area contributed by atoms with Gasteiger partial charge in [0.1, 0.15) is 6.07 Å². The van der Waals surface area contributed by atoms with Crippen LogP contribution in [-0.2, 0) is 24.3 Å². The van der Waals surface area contributed by atoms with Gasteiger partial charge in [-0.1, -0.05) is 0 Å². The summed E-state index contributed by atoms with van der Waals surface area (Å²) in [6.07, 6.45) is 1.23. The third-order valence-electron chi connectivity index (χ3n) is 3.46. The highest BCUT2D eigenvalue weighted by Crippen LogP contribution is 2.19. The van der Waals surface area contributed by atoms with Crippen LogP contribution < -0.4 is 5.32 Å². The van der Waals surface area contributed by atoms with Crippen LogP contribution in [0.1, 0.15) is 6.92 Å². The molecule has 0 radical (unpaired) electrons. The second kappa shape index (κ2) is 8.62. The highest BCUT2D eigenvalue weighted by atomic mass is 32.2. The van der Waals surface area contributed by atoms with Crippen molar-refractivity contribution in [1.82, 2.24) is 4.31 Å². The lowest BCUT2D eigenvalue weighted by Crippen LogP contribution is -2.40. The molecule has 1 aromatic rings. The molecule has 9 heteroatoms. The highest BCUT2D eigenvalue weighted by Gasteiger charge is 2.26. The molecule has 134 valence electrons. The van der Waals surface area contributed by atoms with Gasteiger partial charge in [-0.15, -0.1) is 0 Å². The molecule has 0 amide bonds. The highest BCUT2D eigenvalue weighted by molar-refractivity contribution is 7.89. The number of esters is 1. The van der Waals surface area contributed by atoms with E-state index in [1.807, 2.05) is 0 Å². The first kappa shape index (κ1) is 18.9. The minimum Gasteiger partial charge on any atom is -0.462 e. The number of hydrogen-bond acceptors (Lipinski definition) is 7. The summed E-state index contributed by atoms with van der Waals surface area (Å²) in [6, 6.07) is 7.80. The molecular formula is C16H19N3O5S. The summed E-state index contributed by atoms with van der Waals surface area (Å²) < 4.78 is 36.3. The Hall–Kier alpha value is -2.41. The molecule has 0 atom stereocenters. The molecule has 1 heterocycles. The molecule has 1 N–H and O–H groups in total. The smallest absolute Gasteiger partial charge is 0.350 e. The summed E-state index contributed by atoms with van der Waals surface area (Å²) in [5.41, 5.74) is 0.366. The number of benzene rings is 1. The molecule has 0 aliphatic carbocycles. The van der Waals surface area contributed by atoms with Gasteiger partial charge in [0.2, 0.25) is 10.0 Å². The van der Waals surface area contributed by atoms with E-state index in [0.717, 1.165) is 0 Å². The summed E-state index contributed by atoms with van der Waals surface area (Å²) in [5, 5.41) is 11.7. The molecule has 8 nitrogen and oxygen atoms in total. The van der Waals surface area contributed by atoms with Gasteiger partial charge in [-0.3, -0.25) is 0 Å². The van der Waals surface area contributed by atoms with Gasteiger partial charge in [0, 0.05) is 25.0 Å². The van der Waals surface area contributed by atoms with Gasteiger partial charge in [0.05, 0.1) is 24.7 Å². The number of morpholine rings is 1. The zero-order chi connectivity index (χ0) is 18.3.